The second-order valence-corrected chi connectivity index (χ2v) is 4.13. The molecule has 5 nitrogen and oxygen atoms in total. The molecule has 0 bridgehead atoms. The highest BCUT2D eigenvalue weighted by atomic mass is 32.2. The number of hydrogen-bond donors (Lipinski definition) is 2. The minimum absolute atomic E-state index is 0.272. The second-order valence-electron chi connectivity index (χ2n) is 2.51. The van der Waals surface area contributed by atoms with Gasteiger partial charge in [-0.3, -0.25) is 4.79 Å². The molecule has 0 aliphatic rings. The lowest BCUT2D eigenvalue weighted by Crippen LogP contribution is -2.32. The zero-order valence-corrected chi connectivity index (χ0v) is 7.86. The van der Waals surface area contributed by atoms with E-state index in [2.05, 4.69) is 10.5 Å². The van der Waals surface area contributed by atoms with E-state index in [1.807, 2.05) is 6.92 Å². The van der Waals surface area contributed by atoms with Crippen LogP contribution in [-0.2, 0) is 14.8 Å². The van der Waals surface area contributed by atoms with E-state index in [0.717, 1.165) is 12.8 Å². The Bertz CT molecular complexity index is 235. The highest BCUT2D eigenvalue weighted by molar-refractivity contribution is 7.89. The van der Waals surface area contributed by atoms with Crippen LogP contribution in [0.1, 0.15) is 26.2 Å². The second kappa shape index (κ2) is 5.10. The molecule has 0 unspecified atom stereocenters. The standard InChI is InChI=1S/C6H14N2O3S/c1-2-3-4-6(9)8-5-12(7,10)11/h2-5H2,1H3,(H,8,9)(H2,7,10,11). The van der Waals surface area contributed by atoms with Gasteiger partial charge in [0.25, 0.3) is 0 Å². The van der Waals surface area contributed by atoms with E-state index < -0.39 is 15.9 Å². The van der Waals surface area contributed by atoms with Gasteiger partial charge < -0.3 is 5.32 Å². The third-order valence-corrected chi connectivity index (χ3v) is 1.77. The number of sulfonamides is 1. The number of nitrogens with two attached hydrogens (primary N) is 1. The van der Waals surface area contributed by atoms with E-state index >= 15 is 0 Å². The molecule has 1 amide bonds. The molecule has 72 valence electrons. The Labute approximate surface area is 72.4 Å². The zero-order valence-electron chi connectivity index (χ0n) is 7.04. The Morgan fingerprint density at radius 3 is 2.50 bits per heavy atom. The lowest BCUT2D eigenvalue weighted by Gasteiger charge is -2.01. The van der Waals surface area contributed by atoms with Crippen LogP contribution >= 0.6 is 0 Å². The summed E-state index contributed by atoms with van der Waals surface area (Å²) in [5, 5.41) is 6.88. The van der Waals surface area contributed by atoms with Gasteiger partial charge in [-0.2, -0.15) is 0 Å². The quantitative estimate of drug-likeness (QED) is 0.620. The monoisotopic (exact) mass is 194 g/mol. The summed E-state index contributed by atoms with van der Waals surface area (Å²) in [6.45, 7) is 1.95. The first kappa shape index (κ1) is 11.4. The lowest BCUT2D eigenvalue weighted by atomic mass is 10.2. The first-order valence-corrected chi connectivity index (χ1v) is 5.44. The first-order chi connectivity index (χ1) is 5.45. The van der Waals surface area contributed by atoms with E-state index in [-0.39, 0.29) is 5.91 Å². The minimum atomic E-state index is -3.58. The van der Waals surface area contributed by atoms with Crippen LogP contribution in [-0.4, -0.2) is 20.2 Å². The molecular weight excluding hydrogens is 180 g/mol. The van der Waals surface area contributed by atoms with Crippen LogP contribution in [0.4, 0.5) is 0 Å². The Morgan fingerprint density at radius 1 is 1.50 bits per heavy atom. The number of unbranched alkanes of at least 4 members (excludes halogenated alkanes) is 1. The molecule has 0 aliphatic carbocycles. The lowest BCUT2D eigenvalue weighted by molar-refractivity contribution is -0.120. The predicted octanol–water partition coefficient (Wildman–Crippen LogP) is -0.461. The number of amides is 1. The molecule has 3 N–H and O–H groups in total. The van der Waals surface area contributed by atoms with Gasteiger partial charge in [-0.1, -0.05) is 13.3 Å². The molecule has 0 aromatic heterocycles. The van der Waals surface area contributed by atoms with E-state index in [1.54, 1.807) is 0 Å². The maximum absolute atomic E-state index is 10.8. The van der Waals surface area contributed by atoms with Gasteiger partial charge in [-0.15, -0.1) is 0 Å². The molecule has 0 aromatic carbocycles. The van der Waals surface area contributed by atoms with Crippen molar-refractivity contribution in [3.8, 4) is 0 Å². The summed E-state index contributed by atoms with van der Waals surface area (Å²) in [5.41, 5.74) is 0. The molecule has 0 saturated carbocycles. The van der Waals surface area contributed by atoms with Crippen molar-refractivity contribution in [2.45, 2.75) is 26.2 Å². The van der Waals surface area contributed by atoms with Gasteiger partial charge in [-0.25, -0.2) is 13.6 Å². The predicted molar refractivity (Wildman–Crippen MR) is 45.6 cm³/mol. The van der Waals surface area contributed by atoms with Gasteiger partial charge in [0.15, 0.2) is 0 Å². The Morgan fingerprint density at radius 2 is 2.08 bits per heavy atom. The third-order valence-electron chi connectivity index (χ3n) is 1.23. The first-order valence-electron chi connectivity index (χ1n) is 3.73. The molecule has 0 aliphatic heterocycles. The van der Waals surface area contributed by atoms with Gasteiger partial charge in [0.2, 0.25) is 15.9 Å². The Hall–Kier alpha value is -0.620. The summed E-state index contributed by atoms with van der Waals surface area (Å²) in [6.07, 6.45) is 2.02. The van der Waals surface area contributed by atoms with Gasteiger partial charge in [0.1, 0.15) is 5.88 Å². The number of carbonyl (C=O) groups is 1. The number of rotatable bonds is 5. The van der Waals surface area contributed by atoms with Gasteiger partial charge in [-0.05, 0) is 6.42 Å². The van der Waals surface area contributed by atoms with Crippen LogP contribution in [0.2, 0.25) is 0 Å². The SMILES string of the molecule is CCCCC(=O)NCS(N)(=O)=O. The highest BCUT2D eigenvalue weighted by Crippen LogP contribution is 1.92. The van der Waals surface area contributed by atoms with Crippen LogP contribution in [0.25, 0.3) is 0 Å². The van der Waals surface area contributed by atoms with Crippen molar-refractivity contribution in [2.75, 3.05) is 5.88 Å². The fourth-order valence-electron chi connectivity index (χ4n) is 0.607. The van der Waals surface area contributed by atoms with Gasteiger partial charge in [0, 0.05) is 6.42 Å². The number of carbonyl (C=O) groups excluding carboxylic acids is 1. The average Bonchev–Trinajstić information content (AvgIpc) is 1.95. The van der Waals surface area contributed by atoms with Crippen LogP contribution < -0.4 is 10.5 Å². The summed E-state index contributed by atoms with van der Waals surface area (Å²) in [6, 6.07) is 0. The van der Waals surface area contributed by atoms with Crippen LogP contribution in [0.5, 0.6) is 0 Å². The Kier molecular flexibility index (Phi) is 4.84. The molecule has 0 radical (unpaired) electrons. The van der Waals surface area contributed by atoms with Crippen molar-refractivity contribution >= 4 is 15.9 Å². The van der Waals surface area contributed by atoms with Crippen LogP contribution in [0.15, 0.2) is 0 Å². The maximum Gasteiger partial charge on any atom is 0.227 e. The normalized spacial score (nSPS) is 11.2. The van der Waals surface area contributed by atoms with Crippen molar-refractivity contribution in [1.82, 2.24) is 5.32 Å². The van der Waals surface area contributed by atoms with Crippen molar-refractivity contribution in [2.24, 2.45) is 5.14 Å². The Balaban J connectivity index is 3.58. The van der Waals surface area contributed by atoms with Gasteiger partial charge in [0.05, 0.1) is 0 Å². The maximum atomic E-state index is 10.8. The van der Waals surface area contributed by atoms with E-state index in [1.165, 1.54) is 0 Å². The van der Waals surface area contributed by atoms with Crippen molar-refractivity contribution in [3.05, 3.63) is 0 Å². The number of nitrogens with one attached hydrogen (secondary N) is 1. The molecule has 0 atom stereocenters. The molecule has 0 aromatic rings. The summed E-state index contributed by atoms with van der Waals surface area (Å²) in [7, 11) is -3.58. The molecule has 0 spiro atoms. The number of hydrogen-bond acceptors (Lipinski definition) is 3. The molecular formula is C6H14N2O3S. The average molecular weight is 194 g/mol. The minimum Gasteiger partial charge on any atom is -0.341 e. The molecule has 12 heavy (non-hydrogen) atoms. The molecule has 0 fully saturated rings. The van der Waals surface area contributed by atoms with Crippen molar-refractivity contribution in [1.29, 1.82) is 0 Å². The fraction of sp³-hybridized carbons (Fsp3) is 0.833. The molecule has 0 rings (SSSR count). The topological polar surface area (TPSA) is 89.3 Å². The summed E-state index contributed by atoms with van der Waals surface area (Å²) >= 11 is 0. The fourth-order valence-corrected chi connectivity index (χ4v) is 0.969. The van der Waals surface area contributed by atoms with Crippen LogP contribution in [0, 0.1) is 0 Å². The largest absolute Gasteiger partial charge is 0.341 e. The summed E-state index contributed by atoms with van der Waals surface area (Å²) in [4.78, 5) is 10.8. The van der Waals surface area contributed by atoms with Crippen molar-refractivity contribution < 1.29 is 13.2 Å². The summed E-state index contributed by atoms with van der Waals surface area (Å²) < 4.78 is 20.7. The van der Waals surface area contributed by atoms with E-state index in [4.69, 9.17) is 0 Å². The van der Waals surface area contributed by atoms with E-state index in [0.29, 0.717) is 6.42 Å². The molecule has 0 heterocycles. The van der Waals surface area contributed by atoms with E-state index in [9.17, 15) is 13.2 Å². The summed E-state index contributed by atoms with van der Waals surface area (Å²) in [5.74, 6) is -0.749. The van der Waals surface area contributed by atoms with Crippen molar-refractivity contribution in [3.63, 3.8) is 0 Å². The zero-order chi connectivity index (χ0) is 9.61. The third kappa shape index (κ3) is 7.49. The molecule has 0 saturated heterocycles. The molecule has 6 heteroatoms. The van der Waals surface area contributed by atoms with Gasteiger partial charge >= 0.3 is 0 Å². The van der Waals surface area contributed by atoms with Crippen LogP contribution in [0.3, 0.4) is 0 Å². The highest BCUT2D eigenvalue weighted by Gasteiger charge is 2.05. The smallest absolute Gasteiger partial charge is 0.227 e. The number of primary sulfonamides is 1.